The molecule has 0 aliphatic rings. The van der Waals surface area contributed by atoms with Crippen LogP contribution in [0.2, 0.25) is 0 Å². The molecule has 0 spiro atoms. The van der Waals surface area contributed by atoms with Gasteiger partial charge in [-0.25, -0.2) is 9.07 Å². The van der Waals surface area contributed by atoms with E-state index < -0.39 is 5.82 Å². The molecule has 0 radical (unpaired) electrons. The molecule has 2 heterocycles. The average molecular weight is 282 g/mol. The largest absolute Gasteiger partial charge is 0.396 e. The number of benzene rings is 1. The van der Waals surface area contributed by atoms with E-state index in [0.717, 1.165) is 17.4 Å². The van der Waals surface area contributed by atoms with Crippen molar-refractivity contribution >= 4 is 5.69 Å². The van der Waals surface area contributed by atoms with Crippen LogP contribution in [0.1, 0.15) is 11.1 Å². The molecule has 5 heteroatoms. The fourth-order valence-corrected chi connectivity index (χ4v) is 2.34. The van der Waals surface area contributed by atoms with Crippen LogP contribution in [0.3, 0.4) is 0 Å². The molecule has 1 aromatic carbocycles. The highest BCUT2D eigenvalue weighted by Crippen LogP contribution is 2.26. The first-order valence-corrected chi connectivity index (χ1v) is 6.58. The van der Waals surface area contributed by atoms with Crippen molar-refractivity contribution in [2.24, 2.45) is 0 Å². The zero-order chi connectivity index (χ0) is 15.0. The van der Waals surface area contributed by atoms with Crippen molar-refractivity contribution in [3.63, 3.8) is 0 Å². The van der Waals surface area contributed by atoms with Crippen LogP contribution >= 0.6 is 0 Å². The molecule has 0 bridgehead atoms. The van der Waals surface area contributed by atoms with Crippen molar-refractivity contribution in [1.82, 2.24) is 14.8 Å². The van der Waals surface area contributed by atoms with Crippen molar-refractivity contribution in [2.45, 2.75) is 13.8 Å². The van der Waals surface area contributed by atoms with Crippen LogP contribution in [0, 0.1) is 19.7 Å². The lowest BCUT2D eigenvalue weighted by atomic mass is 10.1. The van der Waals surface area contributed by atoms with Gasteiger partial charge in [0, 0.05) is 11.8 Å². The van der Waals surface area contributed by atoms with Gasteiger partial charge in [-0.2, -0.15) is 5.10 Å². The summed E-state index contributed by atoms with van der Waals surface area (Å²) in [5.74, 6) is -0.409. The van der Waals surface area contributed by atoms with Crippen LogP contribution in [0.5, 0.6) is 0 Å². The Kier molecular flexibility index (Phi) is 3.17. The number of nitrogens with two attached hydrogens (primary N) is 1. The standard InChI is InChI=1S/C16H15FN4/c1-10-3-4-15(11(2)5-10)21-9-14(18)16(20-21)12-6-13(17)8-19-7-12/h3-9H,18H2,1-2H3. The first-order valence-electron chi connectivity index (χ1n) is 6.58. The van der Waals surface area contributed by atoms with Crippen molar-refractivity contribution in [3.05, 3.63) is 59.8 Å². The molecule has 0 fully saturated rings. The predicted molar refractivity (Wildman–Crippen MR) is 80.6 cm³/mol. The van der Waals surface area contributed by atoms with Gasteiger partial charge in [-0.3, -0.25) is 4.98 Å². The van der Waals surface area contributed by atoms with Gasteiger partial charge in [0.1, 0.15) is 11.5 Å². The highest BCUT2D eigenvalue weighted by molar-refractivity contribution is 5.72. The zero-order valence-electron chi connectivity index (χ0n) is 11.8. The van der Waals surface area contributed by atoms with Crippen molar-refractivity contribution < 1.29 is 4.39 Å². The van der Waals surface area contributed by atoms with Gasteiger partial charge in [0.05, 0.1) is 23.8 Å². The second-order valence-corrected chi connectivity index (χ2v) is 5.06. The Hall–Kier alpha value is -2.69. The summed E-state index contributed by atoms with van der Waals surface area (Å²) in [7, 11) is 0. The van der Waals surface area contributed by atoms with Crippen molar-refractivity contribution in [3.8, 4) is 16.9 Å². The monoisotopic (exact) mass is 282 g/mol. The Balaban J connectivity index is 2.09. The number of halogens is 1. The van der Waals surface area contributed by atoms with E-state index in [1.165, 1.54) is 11.6 Å². The molecule has 21 heavy (non-hydrogen) atoms. The molecule has 2 aromatic heterocycles. The number of rotatable bonds is 2. The molecule has 3 aromatic rings. The molecule has 0 unspecified atom stereocenters. The fraction of sp³-hybridized carbons (Fsp3) is 0.125. The summed E-state index contributed by atoms with van der Waals surface area (Å²) in [5, 5.41) is 4.47. The van der Waals surface area contributed by atoms with E-state index in [-0.39, 0.29) is 0 Å². The Bertz CT molecular complexity index is 808. The number of nitrogen functional groups attached to an aromatic ring is 1. The van der Waals surface area contributed by atoms with Crippen LogP contribution in [-0.2, 0) is 0 Å². The van der Waals surface area contributed by atoms with E-state index in [2.05, 4.69) is 16.1 Å². The number of aromatic nitrogens is 3. The van der Waals surface area contributed by atoms with Crippen LogP contribution in [0.25, 0.3) is 16.9 Å². The molecule has 4 nitrogen and oxygen atoms in total. The first-order chi connectivity index (χ1) is 10.0. The molecular weight excluding hydrogens is 267 g/mol. The average Bonchev–Trinajstić information content (AvgIpc) is 2.80. The maximum absolute atomic E-state index is 13.3. The van der Waals surface area contributed by atoms with E-state index in [4.69, 9.17) is 5.73 Å². The molecular formula is C16H15FN4. The number of pyridine rings is 1. The molecule has 2 N–H and O–H groups in total. The maximum atomic E-state index is 13.3. The Labute approximate surface area is 122 Å². The number of hydrogen-bond acceptors (Lipinski definition) is 3. The zero-order valence-corrected chi connectivity index (χ0v) is 11.8. The van der Waals surface area contributed by atoms with E-state index in [1.807, 2.05) is 26.0 Å². The molecule has 106 valence electrons. The van der Waals surface area contributed by atoms with Gasteiger partial charge in [-0.1, -0.05) is 17.7 Å². The second-order valence-electron chi connectivity index (χ2n) is 5.06. The lowest BCUT2D eigenvalue weighted by molar-refractivity contribution is 0.622. The van der Waals surface area contributed by atoms with Crippen LogP contribution in [0.15, 0.2) is 42.9 Å². The molecule has 0 amide bonds. The molecule has 0 saturated heterocycles. The fourth-order valence-electron chi connectivity index (χ4n) is 2.34. The van der Waals surface area contributed by atoms with Crippen molar-refractivity contribution in [2.75, 3.05) is 5.73 Å². The lowest BCUT2D eigenvalue weighted by Crippen LogP contribution is -1.98. The number of aryl methyl sites for hydroxylation is 2. The molecule has 0 aliphatic heterocycles. The van der Waals surface area contributed by atoms with Gasteiger partial charge in [0.2, 0.25) is 0 Å². The van der Waals surface area contributed by atoms with Gasteiger partial charge in [0.15, 0.2) is 0 Å². The van der Waals surface area contributed by atoms with Gasteiger partial charge in [-0.05, 0) is 31.5 Å². The SMILES string of the molecule is Cc1ccc(-n2cc(N)c(-c3cncc(F)c3)n2)c(C)c1. The highest BCUT2D eigenvalue weighted by atomic mass is 19.1. The quantitative estimate of drug-likeness (QED) is 0.784. The van der Waals surface area contributed by atoms with Gasteiger partial charge in [0.25, 0.3) is 0 Å². The van der Waals surface area contributed by atoms with E-state index in [0.29, 0.717) is 16.9 Å². The van der Waals surface area contributed by atoms with E-state index in [1.54, 1.807) is 17.1 Å². The summed E-state index contributed by atoms with van der Waals surface area (Å²) >= 11 is 0. The Morgan fingerprint density at radius 2 is 1.95 bits per heavy atom. The highest BCUT2D eigenvalue weighted by Gasteiger charge is 2.12. The molecule has 0 atom stereocenters. The summed E-state index contributed by atoms with van der Waals surface area (Å²) in [5.41, 5.74) is 10.8. The smallest absolute Gasteiger partial charge is 0.142 e. The van der Waals surface area contributed by atoms with Crippen molar-refractivity contribution in [1.29, 1.82) is 0 Å². The second kappa shape index (κ2) is 5.01. The van der Waals surface area contributed by atoms with E-state index >= 15 is 0 Å². The summed E-state index contributed by atoms with van der Waals surface area (Å²) < 4.78 is 15.0. The molecule has 0 aliphatic carbocycles. The summed E-state index contributed by atoms with van der Waals surface area (Å²) in [6.07, 6.45) is 4.44. The minimum absolute atomic E-state index is 0.409. The summed E-state index contributed by atoms with van der Waals surface area (Å²) in [6.45, 7) is 4.06. The van der Waals surface area contributed by atoms with E-state index in [9.17, 15) is 4.39 Å². The third kappa shape index (κ3) is 2.50. The Morgan fingerprint density at radius 3 is 2.67 bits per heavy atom. The van der Waals surface area contributed by atoms with Crippen LogP contribution in [-0.4, -0.2) is 14.8 Å². The summed E-state index contributed by atoms with van der Waals surface area (Å²) in [6, 6.07) is 7.46. The summed E-state index contributed by atoms with van der Waals surface area (Å²) in [4.78, 5) is 3.83. The van der Waals surface area contributed by atoms with Gasteiger partial charge in [-0.15, -0.1) is 0 Å². The minimum atomic E-state index is -0.409. The normalized spacial score (nSPS) is 10.8. The molecule has 3 rings (SSSR count). The van der Waals surface area contributed by atoms with Gasteiger partial charge < -0.3 is 5.73 Å². The van der Waals surface area contributed by atoms with Crippen LogP contribution < -0.4 is 5.73 Å². The number of anilines is 1. The first kappa shape index (κ1) is 13.3. The topological polar surface area (TPSA) is 56.7 Å². The number of nitrogens with zero attached hydrogens (tertiary/aromatic N) is 3. The third-order valence-corrected chi connectivity index (χ3v) is 3.32. The Morgan fingerprint density at radius 1 is 1.14 bits per heavy atom. The maximum Gasteiger partial charge on any atom is 0.142 e. The van der Waals surface area contributed by atoms with Gasteiger partial charge >= 0.3 is 0 Å². The lowest BCUT2D eigenvalue weighted by Gasteiger charge is -2.06. The van der Waals surface area contributed by atoms with Crippen LogP contribution in [0.4, 0.5) is 10.1 Å². The predicted octanol–water partition coefficient (Wildman–Crippen LogP) is 3.27. The molecule has 0 saturated carbocycles. The number of hydrogen-bond donors (Lipinski definition) is 1. The minimum Gasteiger partial charge on any atom is -0.396 e. The third-order valence-electron chi connectivity index (χ3n) is 3.32.